The molecule has 1 aliphatic heterocycles. The van der Waals surface area contributed by atoms with E-state index in [1.165, 1.54) is 0 Å². The lowest BCUT2D eigenvalue weighted by atomic mass is 9.88. The average Bonchev–Trinajstić information content (AvgIpc) is 2.95. The monoisotopic (exact) mass is 514 g/mol. The van der Waals surface area contributed by atoms with E-state index >= 15 is 0 Å². The fraction of sp³-hybridized carbons (Fsp3) is 0. The summed E-state index contributed by atoms with van der Waals surface area (Å²) in [6.07, 6.45) is 0. The summed E-state index contributed by atoms with van der Waals surface area (Å²) in [4.78, 5) is 28.5. The lowest BCUT2D eigenvalue weighted by Crippen LogP contribution is -2.17. The highest BCUT2D eigenvalue weighted by Crippen LogP contribution is 2.42. The summed E-state index contributed by atoms with van der Waals surface area (Å²) in [6.45, 7) is 0. The van der Waals surface area contributed by atoms with E-state index in [4.69, 9.17) is 0 Å². The van der Waals surface area contributed by atoms with Crippen LogP contribution in [0.15, 0.2) is 124 Å². The number of hydrogen-bond donors (Lipinski definition) is 0. The van der Waals surface area contributed by atoms with Crippen LogP contribution >= 0.6 is 11.3 Å². The molecule has 7 rings (SSSR count). The van der Waals surface area contributed by atoms with Crippen molar-refractivity contribution in [3.8, 4) is 22.3 Å². The number of rotatable bonds is 2. The molecule has 0 saturated heterocycles. The summed E-state index contributed by atoms with van der Waals surface area (Å²) in [6, 6.07) is 34.0. The van der Waals surface area contributed by atoms with Gasteiger partial charge in [0.25, 0.3) is 0 Å². The van der Waals surface area contributed by atoms with Gasteiger partial charge in [0, 0.05) is 31.3 Å². The molecule has 0 amide bonds. The molecule has 37 heavy (non-hydrogen) atoms. The summed E-state index contributed by atoms with van der Waals surface area (Å²) in [7, 11) is -1.46. The van der Waals surface area contributed by atoms with E-state index in [-0.39, 0.29) is 11.2 Å². The largest absolute Gasteiger partial charge is 0.288 e. The minimum absolute atomic E-state index is 0.00375. The van der Waals surface area contributed by atoms with Crippen molar-refractivity contribution < 1.29 is 9.00 Å². The predicted molar refractivity (Wildman–Crippen MR) is 151 cm³/mol. The van der Waals surface area contributed by atoms with Gasteiger partial charge < -0.3 is 0 Å². The fourth-order valence-electron chi connectivity index (χ4n) is 5.24. The maximum Gasteiger partial charge on any atom is 0.196 e. The van der Waals surface area contributed by atoms with Gasteiger partial charge in [-0.3, -0.25) is 9.59 Å². The molecule has 0 radical (unpaired) electrons. The Labute approximate surface area is 219 Å². The zero-order valence-corrected chi connectivity index (χ0v) is 21.1. The van der Waals surface area contributed by atoms with Crippen LogP contribution in [-0.2, 0) is 10.8 Å². The molecule has 0 aliphatic carbocycles. The summed E-state index contributed by atoms with van der Waals surface area (Å²) in [5.41, 5.74) is 4.15. The smallest absolute Gasteiger partial charge is 0.196 e. The number of benzene rings is 5. The van der Waals surface area contributed by atoms with Crippen molar-refractivity contribution in [1.29, 1.82) is 0 Å². The van der Waals surface area contributed by atoms with E-state index in [0.29, 0.717) is 31.7 Å². The molecule has 3 nitrogen and oxygen atoms in total. The molecule has 0 spiro atoms. The Morgan fingerprint density at radius 3 is 1.92 bits per heavy atom. The average molecular weight is 515 g/mol. The van der Waals surface area contributed by atoms with Crippen molar-refractivity contribution in [2.45, 2.75) is 9.79 Å². The Morgan fingerprint density at radius 2 is 1.08 bits per heavy atom. The Kier molecular flexibility index (Phi) is 5.03. The van der Waals surface area contributed by atoms with Gasteiger partial charge in [-0.2, -0.15) is 0 Å². The van der Waals surface area contributed by atoms with E-state index in [2.05, 4.69) is 0 Å². The molecular formula is C32H18O3S2. The summed E-state index contributed by atoms with van der Waals surface area (Å²) in [5.74, 6) is -0.133. The third-order valence-electron chi connectivity index (χ3n) is 6.90. The van der Waals surface area contributed by atoms with E-state index in [0.717, 1.165) is 31.7 Å². The maximum absolute atomic E-state index is 13.7. The van der Waals surface area contributed by atoms with Crippen LogP contribution in [0.1, 0.15) is 15.9 Å². The van der Waals surface area contributed by atoms with Gasteiger partial charge >= 0.3 is 0 Å². The summed E-state index contributed by atoms with van der Waals surface area (Å²) in [5, 5.41) is 1.37. The molecule has 176 valence electrons. The molecule has 1 aromatic heterocycles. The Bertz CT molecular complexity index is 2000. The van der Waals surface area contributed by atoms with Crippen LogP contribution in [0.25, 0.3) is 42.4 Å². The molecule has 1 unspecified atom stereocenters. The highest BCUT2D eigenvalue weighted by atomic mass is 32.2. The molecule has 0 bridgehead atoms. The number of fused-ring (bicyclic) bond motifs is 4. The second kappa shape index (κ2) is 8.44. The molecular weight excluding hydrogens is 496 g/mol. The molecule has 5 heteroatoms. The molecule has 0 N–H and O–H groups in total. The molecule has 2 heterocycles. The van der Waals surface area contributed by atoms with Gasteiger partial charge in [0.15, 0.2) is 11.2 Å². The SMILES string of the molecule is O=C1c2ccccc2S(=O)c2cccc(-c3ccccc3-c3cccc4sc5ccccc5c(=O)c34)c21. The van der Waals surface area contributed by atoms with Crippen molar-refractivity contribution in [3.05, 3.63) is 131 Å². The number of carbonyl (C=O) groups is 1. The third kappa shape index (κ3) is 3.28. The molecule has 1 atom stereocenters. The second-order valence-electron chi connectivity index (χ2n) is 8.92. The lowest BCUT2D eigenvalue weighted by molar-refractivity contribution is 0.103. The molecule has 5 aromatic carbocycles. The van der Waals surface area contributed by atoms with Crippen molar-refractivity contribution >= 4 is 48.1 Å². The van der Waals surface area contributed by atoms with Crippen LogP contribution < -0.4 is 5.43 Å². The van der Waals surface area contributed by atoms with Crippen LogP contribution in [-0.4, -0.2) is 9.99 Å². The highest BCUT2D eigenvalue weighted by molar-refractivity contribution is 7.85. The quantitative estimate of drug-likeness (QED) is 0.225. The lowest BCUT2D eigenvalue weighted by Gasteiger charge is -2.22. The molecule has 0 saturated carbocycles. The van der Waals surface area contributed by atoms with Gasteiger partial charge in [0.1, 0.15) is 0 Å². The zero-order valence-electron chi connectivity index (χ0n) is 19.4. The van der Waals surface area contributed by atoms with Crippen LogP contribution in [0.4, 0.5) is 0 Å². The number of ketones is 1. The Hall–Kier alpha value is -4.19. The first-order chi connectivity index (χ1) is 18.1. The van der Waals surface area contributed by atoms with Gasteiger partial charge in [0.05, 0.1) is 20.6 Å². The van der Waals surface area contributed by atoms with E-state index < -0.39 is 10.8 Å². The summed E-state index contributed by atoms with van der Waals surface area (Å²) < 4.78 is 15.3. The van der Waals surface area contributed by atoms with Crippen molar-refractivity contribution in [1.82, 2.24) is 0 Å². The number of hydrogen-bond acceptors (Lipinski definition) is 4. The topological polar surface area (TPSA) is 51.2 Å². The minimum Gasteiger partial charge on any atom is -0.288 e. The van der Waals surface area contributed by atoms with Crippen LogP contribution in [0.3, 0.4) is 0 Å². The van der Waals surface area contributed by atoms with Gasteiger partial charge in [0.2, 0.25) is 0 Å². The van der Waals surface area contributed by atoms with Crippen molar-refractivity contribution in [2.24, 2.45) is 0 Å². The third-order valence-corrected chi connectivity index (χ3v) is 9.53. The van der Waals surface area contributed by atoms with Crippen LogP contribution in [0, 0.1) is 0 Å². The molecule has 6 aromatic rings. The first-order valence-corrected chi connectivity index (χ1v) is 13.8. The van der Waals surface area contributed by atoms with Crippen molar-refractivity contribution in [3.63, 3.8) is 0 Å². The Balaban J connectivity index is 1.52. The zero-order chi connectivity index (χ0) is 25.1. The maximum atomic E-state index is 13.7. The molecule has 1 aliphatic rings. The van der Waals surface area contributed by atoms with E-state index in [1.54, 1.807) is 41.7 Å². The van der Waals surface area contributed by atoms with E-state index in [9.17, 15) is 13.8 Å². The fourth-order valence-corrected chi connectivity index (χ4v) is 7.73. The van der Waals surface area contributed by atoms with Gasteiger partial charge in [-0.05, 0) is 58.7 Å². The van der Waals surface area contributed by atoms with Gasteiger partial charge in [-0.15, -0.1) is 11.3 Å². The van der Waals surface area contributed by atoms with Gasteiger partial charge in [-0.25, -0.2) is 4.21 Å². The molecule has 0 fully saturated rings. The normalized spacial score (nSPS) is 14.5. The van der Waals surface area contributed by atoms with E-state index in [1.807, 2.05) is 78.9 Å². The Morgan fingerprint density at radius 1 is 0.514 bits per heavy atom. The van der Waals surface area contributed by atoms with Crippen LogP contribution in [0.2, 0.25) is 0 Å². The number of carbonyl (C=O) groups excluding carboxylic acids is 1. The summed E-state index contributed by atoms with van der Waals surface area (Å²) >= 11 is 1.60. The standard InChI is InChI=1S/C32H18O3S2/c33-31-23-11-3-5-15-25(23)36-26-16-7-13-21(29(26)31)19-9-1-2-10-20(19)22-14-8-18-28-30(22)32(34)24-12-4-6-17-27(24)37(28)35/h1-18H. The van der Waals surface area contributed by atoms with Gasteiger partial charge in [-0.1, -0.05) is 72.8 Å². The van der Waals surface area contributed by atoms with Crippen molar-refractivity contribution in [2.75, 3.05) is 0 Å². The minimum atomic E-state index is -1.46. The van der Waals surface area contributed by atoms with Crippen LogP contribution in [0.5, 0.6) is 0 Å². The first kappa shape index (κ1) is 22.0. The highest BCUT2D eigenvalue weighted by Gasteiger charge is 2.31. The predicted octanol–water partition coefficient (Wildman–Crippen LogP) is 7.46. The first-order valence-electron chi connectivity index (χ1n) is 11.9. The second-order valence-corrected chi connectivity index (χ2v) is 11.4.